The number of nitrogens with zero attached hydrogens (tertiary/aromatic N) is 2. The minimum absolute atomic E-state index is 0.144. The summed E-state index contributed by atoms with van der Waals surface area (Å²) in [7, 11) is 1.79. The first-order valence-corrected chi connectivity index (χ1v) is 11.2. The summed E-state index contributed by atoms with van der Waals surface area (Å²) >= 11 is 0. The van der Waals surface area contributed by atoms with Crippen LogP contribution < -0.4 is 4.57 Å². The molecule has 0 fully saturated rings. The molecule has 5 aromatic rings. The lowest BCUT2D eigenvalue weighted by atomic mass is 9.92. The standard InChI is InChI=1S/C31H29N2O/c1-18(2)27-20(4)17-26(33(7)21(27)5)28-19(3)13-14-24-29-23(22-11-9-8-10-12-22)15-16-25(32-6)31(29)34-30(24)28/h8-18H,1-5,7H3/q+1/i1D3,17D,18D. The Balaban J connectivity index is 1.91. The van der Waals surface area contributed by atoms with Crippen molar-refractivity contribution >= 4 is 27.6 Å². The predicted octanol–water partition coefficient (Wildman–Crippen LogP) is 8.34. The molecular weight excluding hydrogens is 416 g/mol. The van der Waals surface area contributed by atoms with Gasteiger partial charge in [-0.25, -0.2) is 4.85 Å². The molecule has 0 radical (unpaired) electrons. The molecule has 0 amide bonds. The van der Waals surface area contributed by atoms with E-state index in [0.29, 0.717) is 44.9 Å². The molecule has 0 aliphatic rings. The van der Waals surface area contributed by atoms with Crippen LogP contribution in [0, 0.1) is 27.3 Å². The van der Waals surface area contributed by atoms with Crippen LogP contribution in [0.4, 0.5) is 5.69 Å². The molecule has 3 nitrogen and oxygen atoms in total. The molecule has 1 unspecified atom stereocenters. The van der Waals surface area contributed by atoms with Crippen LogP contribution in [0.25, 0.3) is 49.2 Å². The van der Waals surface area contributed by atoms with E-state index < -0.39 is 12.7 Å². The first-order valence-electron chi connectivity index (χ1n) is 13.7. The molecule has 2 heterocycles. The summed E-state index contributed by atoms with van der Waals surface area (Å²) in [6, 6.07) is 17.8. The zero-order valence-electron chi connectivity index (χ0n) is 25.0. The fraction of sp³-hybridized carbons (Fsp3) is 0.226. The molecule has 3 aromatic carbocycles. The van der Waals surface area contributed by atoms with Gasteiger partial charge in [-0.2, -0.15) is 4.57 Å². The van der Waals surface area contributed by atoms with Crippen LogP contribution in [-0.2, 0) is 7.05 Å². The van der Waals surface area contributed by atoms with Gasteiger partial charge in [0.25, 0.3) is 0 Å². The van der Waals surface area contributed by atoms with Gasteiger partial charge >= 0.3 is 0 Å². The molecule has 1 atom stereocenters. The molecule has 0 aliphatic carbocycles. The second-order valence-corrected chi connectivity index (χ2v) is 8.79. The Bertz CT molecular complexity index is 1800. The van der Waals surface area contributed by atoms with E-state index in [1.807, 2.05) is 55.5 Å². The summed E-state index contributed by atoms with van der Waals surface area (Å²) < 4.78 is 50.2. The van der Waals surface area contributed by atoms with E-state index in [9.17, 15) is 1.37 Å². The Morgan fingerprint density at radius 1 is 1.03 bits per heavy atom. The monoisotopic (exact) mass is 450 g/mol. The van der Waals surface area contributed by atoms with Gasteiger partial charge in [0.1, 0.15) is 18.2 Å². The van der Waals surface area contributed by atoms with Crippen LogP contribution in [0.15, 0.2) is 65.1 Å². The van der Waals surface area contributed by atoms with E-state index in [1.165, 1.54) is 6.92 Å². The normalized spacial score (nSPS) is 15.7. The molecule has 3 heteroatoms. The topological polar surface area (TPSA) is 21.4 Å². The molecular formula is C31H29N2O+. The van der Waals surface area contributed by atoms with Crippen molar-refractivity contribution in [2.24, 2.45) is 7.05 Å². The van der Waals surface area contributed by atoms with Crippen LogP contribution in [0.5, 0.6) is 0 Å². The summed E-state index contributed by atoms with van der Waals surface area (Å²) in [6.45, 7) is 12.0. The number of hydrogen-bond acceptors (Lipinski definition) is 1. The fourth-order valence-corrected chi connectivity index (χ4v) is 4.98. The number of rotatable bonds is 3. The number of aromatic nitrogens is 1. The lowest BCUT2D eigenvalue weighted by Crippen LogP contribution is -2.37. The molecule has 34 heavy (non-hydrogen) atoms. The van der Waals surface area contributed by atoms with Crippen molar-refractivity contribution in [1.29, 1.82) is 0 Å². The van der Waals surface area contributed by atoms with Gasteiger partial charge in [-0.05, 0) is 42.0 Å². The molecule has 0 spiro atoms. The Kier molecular flexibility index (Phi) is 4.00. The number of fused-ring (bicyclic) bond motifs is 3. The van der Waals surface area contributed by atoms with Crippen LogP contribution in [0.2, 0.25) is 0 Å². The highest BCUT2D eigenvalue weighted by molar-refractivity contribution is 6.18. The van der Waals surface area contributed by atoms with E-state index in [4.69, 9.17) is 16.5 Å². The van der Waals surface area contributed by atoms with Crippen LogP contribution in [0.3, 0.4) is 0 Å². The van der Waals surface area contributed by atoms with Crippen molar-refractivity contribution in [3.63, 3.8) is 0 Å². The van der Waals surface area contributed by atoms with E-state index in [-0.39, 0.29) is 6.04 Å². The fourth-order valence-electron chi connectivity index (χ4n) is 4.98. The highest BCUT2D eigenvalue weighted by Crippen LogP contribution is 2.44. The van der Waals surface area contributed by atoms with Gasteiger partial charge in [0, 0.05) is 34.8 Å². The average molecular weight is 451 g/mol. The SMILES string of the molecule is [2H]c1c(C)c(C([2H])(C)C([2H])([2H])[2H])c(C)[n+](C)c1-c1c(C)ccc2c1oc1c([N+]#[C-])ccc(-c3ccccc3)c12. The van der Waals surface area contributed by atoms with Crippen molar-refractivity contribution in [2.75, 3.05) is 0 Å². The smallest absolute Gasteiger partial charge is 0.229 e. The minimum atomic E-state index is -2.57. The maximum absolute atomic E-state index is 9.18. The number of pyridine rings is 1. The minimum Gasteiger partial charge on any atom is -0.466 e. The zero-order chi connectivity index (χ0) is 28.4. The van der Waals surface area contributed by atoms with Gasteiger partial charge in [0.15, 0.2) is 5.69 Å². The summed E-state index contributed by atoms with van der Waals surface area (Å²) in [5, 5.41) is 1.67. The highest BCUT2D eigenvalue weighted by atomic mass is 16.3. The lowest BCUT2D eigenvalue weighted by Gasteiger charge is -2.15. The van der Waals surface area contributed by atoms with Crippen molar-refractivity contribution in [3.05, 3.63) is 94.4 Å². The lowest BCUT2D eigenvalue weighted by molar-refractivity contribution is -0.667. The molecule has 0 saturated carbocycles. The van der Waals surface area contributed by atoms with Crippen LogP contribution >= 0.6 is 0 Å². The average Bonchev–Trinajstić information content (AvgIpc) is 3.28. The number of hydrogen-bond donors (Lipinski definition) is 0. The zero-order valence-corrected chi connectivity index (χ0v) is 20.0. The van der Waals surface area contributed by atoms with Gasteiger partial charge < -0.3 is 4.42 Å². The second kappa shape index (κ2) is 8.15. The van der Waals surface area contributed by atoms with E-state index in [0.717, 1.165) is 27.5 Å². The van der Waals surface area contributed by atoms with Crippen molar-refractivity contribution in [1.82, 2.24) is 0 Å². The number of benzene rings is 3. The van der Waals surface area contributed by atoms with Crippen molar-refractivity contribution < 1.29 is 15.8 Å². The summed E-state index contributed by atoms with van der Waals surface area (Å²) in [6.07, 6.45) is 0. The number of aryl methyl sites for hydroxylation is 1. The third-order valence-corrected chi connectivity index (χ3v) is 6.67. The largest absolute Gasteiger partial charge is 0.466 e. The first-order chi connectivity index (χ1) is 18.3. The third-order valence-electron chi connectivity index (χ3n) is 6.67. The molecule has 2 aromatic heterocycles. The van der Waals surface area contributed by atoms with Gasteiger partial charge in [-0.15, -0.1) is 0 Å². The second-order valence-electron chi connectivity index (χ2n) is 8.79. The van der Waals surface area contributed by atoms with Gasteiger partial charge in [-0.3, -0.25) is 0 Å². The van der Waals surface area contributed by atoms with Crippen LogP contribution in [-0.4, -0.2) is 0 Å². The molecule has 168 valence electrons. The summed E-state index contributed by atoms with van der Waals surface area (Å²) in [5.41, 5.74) is 6.98. The van der Waals surface area contributed by atoms with E-state index >= 15 is 0 Å². The summed E-state index contributed by atoms with van der Waals surface area (Å²) in [4.78, 5) is 3.72. The molecule has 0 aliphatic heterocycles. The Morgan fingerprint density at radius 3 is 2.50 bits per heavy atom. The van der Waals surface area contributed by atoms with Crippen molar-refractivity contribution in [2.45, 2.75) is 40.4 Å². The molecule has 0 bridgehead atoms. The predicted molar refractivity (Wildman–Crippen MR) is 140 cm³/mol. The Morgan fingerprint density at radius 2 is 1.79 bits per heavy atom. The number of furan rings is 1. The molecule has 0 N–H and O–H groups in total. The van der Waals surface area contributed by atoms with Gasteiger partial charge in [0.05, 0.1) is 13.5 Å². The maximum atomic E-state index is 9.18. The van der Waals surface area contributed by atoms with Crippen LogP contribution in [0.1, 0.15) is 48.9 Å². The quantitative estimate of drug-likeness (QED) is 0.200. The summed E-state index contributed by atoms with van der Waals surface area (Å²) in [5.74, 6) is -1.89. The van der Waals surface area contributed by atoms with E-state index in [2.05, 4.69) is 4.85 Å². The first kappa shape index (κ1) is 16.7. The Labute approximate surface area is 208 Å². The Hall–Kier alpha value is -3.90. The van der Waals surface area contributed by atoms with Gasteiger partial charge in [0.2, 0.25) is 11.4 Å². The van der Waals surface area contributed by atoms with Crippen molar-refractivity contribution in [3.8, 4) is 22.4 Å². The van der Waals surface area contributed by atoms with E-state index in [1.54, 1.807) is 31.5 Å². The molecule has 5 rings (SSSR count). The molecule has 0 saturated heterocycles. The maximum Gasteiger partial charge on any atom is 0.229 e. The third kappa shape index (κ3) is 3.22. The highest BCUT2D eigenvalue weighted by Gasteiger charge is 2.26. The van der Waals surface area contributed by atoms with Gasteiger partial charge in [-0.1, -0.05) is 68.4 Å².